The molecule has 4 aromatic rings. The minimum Gasteiger partial charge on any atom is -0.487 e. The fourth-order valence-corrected chi connectivity index (χ4v) is 8.69. The van der Waals surface area contributed by atoms with Crippen LogP contribution in [0.4, 0.5) is 5.69 Å². The number of benzene rings is 4. The van der Waals surface area contributed by atoms with Gasteiger partial charge in [-0.2, -0.15) is 10.1 Å². The lowest BCUT2D eigenvalue weighted by Gasteiger charge is -2.45. The summed E-state index contributed by atoms with van der Waals surface area (Å²) in [6, 6.07) is 26.3. The summed E-state index contributed by atoms with van der Waals surface area (Å²) in [5.41, 5.74) is 6.08. The van der Waals surface area contributed by atoms with Crippen molar-refractivity contribution in [1.29, 1.82) is 0 Å². The molecule has 1 saturated heterocycles. The number of nitro groups is 1. The molecule has 10 heteroatoms. The van der Waals surface area contributed by atoms with Gasteiger partial charge in [-0.05, 0) is 103 Å². The van der Waals surface area contributed by atoms with Crippen LogP contribution in [0.15, 0.2) is 90.0 Å². The quantitative estimate of drug-likeness (QED) is 0.0721. The van der Waals surface area contributed by atoms with E-state index in [-0.39, 0.29) is 35.9 Å². The van der Waals surface area contributed by atoms with Crippen molar-refractivity contribution in [1.82, 2.24) is 5.01 Å². The third kappa shape index (κ3) is 4.34. The maximum atomic E-state index is 13.8. The van der Waals surface area contributed by atoms with Crippen LogP contribution in [0.5, 0.6) is 5.75 Å². The summed E-state index contributed by atoms with van der Waals surface area (Å²) in [6.07, 6.45) is 1.56. The number of ether oxygens (including phenoxy) is 1. The molecule has 0 aromatic heterocycles. The Morgan fingerprint density at radius 1 is 0.810 bits per heavy atom. The molecule has 4 aliphatic rings. The topological polar surface area (TPSA) is 102 Å². The highest BCUT2D eigenvalue weighted by Gasteiger charge is 2.61. The van der Waals surface area contributed by atoms with Gasteiger partial charge in [0.1, 0.15) is 12.4 Å². The molecule has 0 spiro atoms. The molecule has 1 aliphatic heterocycles. The van der Waals surface area contributed by atoms with E-state index >= 15 is 0 Å². The van der Waals surface area contributed by atoms with Crippen molar-refractivity contribution >= 4 is 68.9 Å². The van der Waals surface area contributed by atoms with Crippen LogP contribution in [0.1, 0.15) is 45.2 Å². The standard InChI is InChI=1S/C32H21I2N3O5/c33-24-13-18(14-25(34)30(24)42-16-17-9-11-19(12-10-17)37(40)41)15-35-36-31(38)28-26-20-5-1-2-6-21(20)27(29(28)32(36)39)23-8-4-3-7-22(23)26/h1-15,26-29H,16H2/b35-15-/t26?,27?,28-,29-/m0/s1. The van der Waals surface area contributed by atoms with E-state index in [0.717, 1.165) is 45.5 Å². The molecule has 42 heavy (non-hydrogen) atoms. The van der Waals surface area contributed by atoms with Crippen LogP contribution in [-0.2, 0) is 16.2 Å². The smallest absolute Gasteiger partial charge is 0.269 e. The highest BCUT2D eigenvalue weighted by Crippen LogP contribution is 2.61. The first-order chi connectivity index (χ1) is 20.3. The van der Waals surface area contributed by atoms with E-state index in [2.05, 4.69) is 74.5 Å². The van der Waals surface area contributed by atoms with Gasteiger partial charge in [-0.15, -0.1) is 0 Å². The Morgan fingerprint density at radius 2 is 1.29 bits per heavy atom. The number of nitrogens with zero attached hydrogens (tertiary/aromatic N) is 3. The average Bonchev–Trinajstić information content (AvgIpc) is 3.25. The zero-order chi connectivity index (χ0) is 29.1. The molecule has 4 aromatic carbocycles. The highest BCUT2D eigenvalue weighted by molar-refractivity contribution is 14.1. The van der Waals surface area contributed by atoms with Gasteiger partial charge in [-0.25, -0.2) is 0 Å². The number of non-ortho nitro benzene ring substituents is 1. The number of rotatable bonds is 6. The third-order valence-corrected chi connectivity index (χ3v) is 9.90. The molecule has 3 aliphatic carbocycles. The van der Waals surface area contributed by atoms with Gasteiger partial charge in [-0.1, -0.05) is 48.5 Å². The maximum Gasteiger partial charge on any atom is 0.269 e. The summed E-state index contributed by atoms with van der Waals surface area (Å²) in [7, 11) is 0. The Balaban J connectivity index is 1.13. The van der Waals surface area contributed by atoms with Crippen LogP contribution < -0.4 is 4.74 Å². The molecule has 1 fully saturated rings. The van der Waals surface area contributed by atoms with Crippen molar-refractivity contribution in [3.63, 3.8) is 0 Å². The Hall–Kier alpha value is -3.65. The van der Waals surface area contributed by atoms with E-state index in [0.29, 0.717) is 5.75 Å². The second-order valence-electron chi connectivity index (χ2n) is 10.5. The summed E-state index contributed by atoms with van der Waals surface area (Å²) >= 11 is 4.35. The maximum absolute atomic E-state index is 13.8. The van der Waals surface area contributed by atoms with Crippen molar-refractivity contribution in [2.45, 2.75) is 18.4 Å². The summed E-state index contributed by atoms with van der Waals surface area (Å²) in [4.78, 5) is 38.0. The summed E-state index contributed by atoms with van der Waals surface area (Å²) in [5.74, 6) is -1.12. The van der Waals surface area contributed by atoms with Crippen LogP contribution in [-0.4, -0.2) is 28.0 Å². The molecule has 1 heterocycles. The Morgan fingerprint density at radius 3 is 1.74 bits per heavy atom. The van der Waals surface area contributed by atoms with Crippen molar-refractivity contribution in [2.24, 2.45) is 16.9 Å². The van der Waals surface area contributed by atoms with Crippen LogP contribution in [0.25, 0.3) is 0 Å². The predicted molar refractivity (Wildman–Crippen MR) is 172 cm³/mol. The van der Waals surface area contributed by atoms with Crippen molar-refractivity contribution in [3.8, 4) is 5.75 Å². The molecule has 208 valence electrons. The van der Waals surface area contributed by atoms with E-state index < -0.39 is 16.8 Å². The van der Waals surface area contributed by atoms with E-state index in [1.54, 1.807) is 18.3 Å². The summed E-state index contributed by atoms with van der Waals surface area (Å²) < 4.78 is 7.70. The van der Waals surface area contributed by atoms with Crippen molar-refractivity contribution in [3.05, 3.63) is 136 Å². The number of carbonyl (C=O) groups excluding carboxylic acids is 2. The Kier molecular flexibility index (Phi) is 6.84. The van der Waals surface area contributed by atoms with Crippen molar-refractivity contribution < 1.29 is 19.2 Å². The molecule has 0 N–H and O–H groups in total. The molecular weight excluding hydrogens is 760 g/mol. The number of amides is 2. The first kappa shape index (κ1) is 27.2. The van der Waals surface area contributed by atoms with Crippen molar-refractivity contribution in [2.75, 3.05) is 0 Å². The summed E-state index contributed by atoms with van der Waals surface area (Å²) in [5, 5.41) is 16.4. The largest absolute Gasteiger partial charge is 0.487 e. The lowest BCUT2D eigenvalue weighted by Crippen LogP contribution is -2.41. The van der Waals surface area contributed by atoms with E-state index in [1.807, 2.05) is 36.4 Å². The van der Waals surface area contributed by atoms with Gasteiger partial charge in [0.2, 0.25) is 0 Å². The second kappa shape index (κ2) is 10.6. The predicted octanol–water partition coefficient (Wildman–Crippen LogP) is 6.61. The lowest BCUT2D eigenvalue weighted by atomic mass is 9.55. The van der Waals surface area contributed by atoms with Gasteiger partial charge in [0, 0.05) is 24.0 Å². The fraction of sp³-hybridized carbons (Fsp3) is 0.156. The Bertz CT molecular complexity index is 1680. The van der Waals surface area contributed by atoms with Gasteiger partial charge < -0.3 is 4.74 Å². The van der Waals surface area contributed by atoms with Crippen LogP contribution in [0, 0.1) is 29.1 Å². The number of hydrazone groups is 1. The highest BCUT2D eigenvalue weighted by atomic mass is 127. The van der Waals surface area contributed by atoms with E-state index in [1.165, 1.54) is 12.1 Å². The molecule has 8 nitrogen and oxygen atoms in total. The molecule has 0 unspecified atom stereocenters. The van der Waals surface area contributed by atoms with Crippen LogP contribution >= 0.6 is 45.2 Å². The van der Waals surface area contributed by atoms with Gasteiger partial charge in [0.05, 0.1) is 30.1 Å². The van der Waals surface area contributed by atoms with Gasteiger partial charge in [0.25, 0.3) is 17.5 Å². The number of hydrogen-bond acceptors (Lipinski definition) is 6. The number of imide groups is 1. The SMILES string of the molecule is O=C1[C@H]2C3c4ccccc4C(c4ccccc43)[C@@H]2C(=O)N1/N=C\c1cc(I)c(OCc2ccc([N+](=O)[O-])cc2)c(I)c1. The first-order valence-corrected chi connectivity index (χ1v) is 15.4. The lowest BCUT2D eigenvalue weighted by molar-refractivity contribution is -0.384. The first-order valence-electron chi connectivity index (χ1n) is 13.3. The molecule has 8 rings (SSSR count). The fourth-order valence-electron chi connectivity index (χ4n) is 6.56. The number of carbonyl (C=O) groups is 2. The molecular formula is C32H21I2N3O5. The molecule has 0 radical (unpaired) electrons. The number of hydrogen-bond donors (Lipinski definition) is 0. The Labute approximate surface area is 268 Å². The minimum atomic E-state index is -0.472. The van der Waals surface area contributed by atoms with Gasteiger partial charge >= 0.3 is 0 Å². The number of nitro benzene ring substituents is 1. The third-order valence-electron chi connectivity index (χ3n) is 8.30. The van der Waals surface area contributed by atoms with Crippen LogP contribution in [0.3, 0.4) is 0 Å². The van der Waals surface area contributed by atoms with Gasteiger partial charge in [0.15, 0.2) is 0 Å². The summed E-state index contributed by atoms with van der Waals surface area (Å²) in [6.45, 7) is 0.254. The normalized spacial score (nSPS) is 21.8. The monoisotopic (exact) mass is 781 g/mol. The molecule has 2 amide bonds. The molecule has 0 saturated carbocycles. The molecule has 2 atom stereocenters. The van der Waals surface area contributed by atoms with E-state index in [9.17, 15) is 19.7 Å². The zero-order valence-electron chi connectivity index (χ0n) is 21.8. The van der Waals surface area contributed by atoms with Crippen LogP contribution in [0.2, 0.25) is 0 Å². The second-order valence-corrected chi connectivity index (χ2v) is 12.8. The van der Waals surface area contributed by atoms with Gasteiger partial charge in [-0.3, -0.25) is 19.7 Å². The minimum absolute atomic E-state index is 0.0301. The number of halogens is 2. The van der Waals surface area contributed by atoms with E-state index in [4.69, 9.17) is 4.74 Å². The zero-order valence-corrected chi connectivity index (χ0v) is 26.1. The average molecular weight is 781 g/mol. The molecule has 2 bridgehead atoms.